The first-order chi connectivity index (χ1) is 10.6. The van der Waals surface area contributed by atoms with Crippen molar-refractivity contribution in [1.82, 2.24) is 4.98 Å². The minimum absolute atomic E-state index is 0.307. The van der Waals surface area contributed by atoms with Gasteiger partial charge in [-0.15, -0.1) is 0 Å². The Balaban J connectivity index is 2.37. The number of pyridine rings is 1. The summed E-state index contributed by atoms with van der Waals surface area (Å²) in [5.41, 5.74) is -1.41. The number of hydrogen-bond acceptors (Lipinski definition) is 5. The van der Waals surface area contributed by atoms with Crippen LogP contribution < -0.4 is 4.90 Å². The predicted molar refractivity (Wildman–Crippen MR) is 64.9 cm³/mol. The molecular formula is C12H10F4N2O5. The van der Waals surface area contributed by atoms with Crippen LogP contribution in [0.5, 0.6) is 0 Å². The molecule has 0 spiro atoms. The van der Waals surface area contributed by atoms with Gasteiger partial charge in [-0.05, 0) is 12.1 Å². The van der Waals surface area contributed by atoms with Crippen LogP contribution in [0.3, 0.4) is 0 Å². The lowest BCUT2D eigenvalue weighted by Crippen LogP contribution is -2.55. The molecule has 7 nitrogen and oxygen atoms in total. The Morgan fingerprint density at radius 1 is 1.43 bits per heavy atom. The first-order valence-electron chi connectivity index (χ1n) is 6.20. The molecule has 126 valence electrons. The van der Waals surface area contributed by atoms with Gasteiger partial charge in [-0.1, -0.05) is 0 Å². The van der Waals surface area contributed by atoms with E-state index in [0.717, 1.165) is 0 Å². The lowest BCUT2D eigenvalue weighted by atomic mass is 10.1. The molecule has 1 fully saturated rings. The number of nitrogens with zero attached hydrogens (tertiary/aromatic N) is 2. The molecule has 1 saturated heterocycles. The third-order valence-electron chi connectivity index (χ3n) is 3.04. The number of carboxylic acids is 1. The molecule has 1 aliphatic rings. The monoisotopic (exact) mass is 338 g/mol. The lowest BCUT2D eigenvalue weighted by Gasteiger charge is -2.33. The van der Waals surface area contributed by atoms with E-state index in [1.807, 2.05) is 0 Å². The average molecular weight is 338 g/mol. The number of rotatable bonds is 3. The van der Waals surface area contributed by atoms with Crippen molar-refractivity contribution in [1.29, 1.82) is 0 Å². The number of carbonyl (C=O) groups excluding carboxylic acids is 1. The SMILES string of the molecule is O=C(O)C(O)[C@H]1OCCN(c2nc(C(F)(F)F)ccc2F)C1=O. The van der Waals surface area contributed by atoms with E-state index in [-0.39, 0.29) is 13.2 Å². The normalized spacial score (nSPS) is 20.5. The first kappa shape index (κ1) is 17.1. The van der Waals surface area contributed by atoms with E-state index in [1.165, 1.54) is 0 Å². The van der Waals surface area contributed by atoms with Gasteiger partial charge in [0.1, 0.15) is 5.69 Å². The number of hydrogen-bond donors (Lipinski definition) is 2. The number of morpholine rings is 1. The topological polar surface area (TPSA) is 100.0 Å². The average Bonchev–Trinajstić information content (AvgIpc) is 2.46. The molecule has 0 aromatic carbocycles. The molecule has 0 radical (unpaired) electrons. The van der Waals surface area contributed by atoms with E-state index in [0.29, 0.717) is 17.0 Å². The van der Waals surface area contributed by atoms with Gasteiger partial charge >= 0.3 is 12.1 Å². The second-order valence-electron chi connectivity index (χ2n) is 4.56. The molecule has 0 bridgehead atoms. The maximum Gasteiger partial charge on any atom is 0.433 e. The number of halogens is 4. The van der Waals surface area contributed by atoms with Gasteiger partial charge in [-0.25, -0.2) is 14.2 Å². The van der Waals surface area contributed by atoms with Gasteiger partial charge in [-0.2, -0.15) is 13.2 Å². The van der Waals surface area contributed by atoms with Crippen molar-refractivity contribution in [3.63, 3.8) is 0 Å². The largest absolute Gasteiger partial charge is 0.479 e. The summed E-state index contributed by atoms with van der Waals surface area (Å²) in [6, 6.07) is 0.907. The Labute approximate surface area is 126 Å². The molecule has 1 unspecified atom stereocenters. The van der Waals surface area contributed by atoms with Gasteiger partial charge in [0.25, 0.3) is 5.91 Å². The molecule has 2 rings (SSSR count). The number of aromatic nitrogens is 1. The molecule has 2 N–H and O–H groups in total. The van der Waals surface area contributed by atoms with Crippen LogP contribution in [0.1, 0.15) is 5.69 Å². The number of aliphatic hydroxyl groups is 1. The van der Waals surface area contributed by atoms with Crippen molar-refractivity contribution in [3.8, 4) is 0 Å². The summed E-state index contributed by atoms with van der Waals surface area (Å²) in [5, 5.41) is 18.0. The van der Waals surface area contributed by atoms with Crippen LogP contribution in [0, 0.1) is 5.82 Å². The molecule has 23 heavy (non-hydrogen) atoms. The van der Waals surface area contributed by atoms with Gasteiger partial charge < -0.3 is 14.9 Å². The molecule has 0 saturated carbocycles. The van der Waals surface area contributed by atoms with Crippen molar-refractivity contribution in [2.45, 2.75) is 18.4 Å². The fraction of sp³-hybridized carbons (Fsp3) is 0.417. The maximum atomic E-state index is 13.8. The molecule has 1 aromatic rings. The maximum absolute atomic E-state index is 13.8. The molecule has 1 amide bonds. The van der Waals surface area contributed by atoms with Crippen LogP contribution in [0.25, 0.3) is 0 Å². The van der Waals surface area contributed by atoms with Crippen molar-refractivity contribution in [2.24, 2.45) is 0 Å². The van der Waals surface area contributed by atoms with E-state index >= 15 is 0 Å². The summed E-state index contributed by atoms with van der Waals surface area (Å²) in [6.45, 7) is -0.648. The third kappa shape index (κ3) is 3.40. The second-order valence-corrected chi connectivity index (χ2v) is 4.56. The molecule has 1 aliphatic heterocycles. The number of anilines is 1. The zero-order chi connectivity index (χ0) is 17.4. The van der Waals surface area contributed by atoms with Gasteiger partial charge in [0, 0.05) is 0 Å². The highest BCUT2D eigenvalue weighted by Crippen LogP contribution is 2.31. The van der Waals surface area contributed by atoms with Crippen LogP contribution in [-0.4, -0.2) is 52.4 Å². The second kappa shape index (κ2) is 6.08. The molecular weight excluding hydrogens is 328 g/mol. The third-order valence-corrected chi connectivity index (χ3v) is 3.04. The lowest BCUT2D eigenvalue weighted by molar-refractivity contribution is -0.163. The fourth-order valence-electron chi connectivity index (χ4n) is 1.95. The van der Waals surface area contributed by atoms with Crippen LogP contribution in [0.2, 0.25) is 0 Å². The van der Waals surface area contributed by atoms with Crippen LogP contribution in [0.15, 0.2) is 12.1 Å². The van der Waals surface area contributed by atoms with E-state index in [2.05, 4.69) is 4.98 Å². The summed E-state index contributed by atoms with van der Waals surface area (Å²) < 4.78 is 56.5. The number of amides is 1. The zero-order valence-corrected chi connectivity index (χ0v) is 11.2. The number of ether oxygens (including phenoxy) is 1. The highest BCUT2D eigenvalue weighted by Gasteiger charge is 2.41. The van der Waals surface area contributed by atoms with E-state index in [4.69, 9.17) is 9.84 Å². The smallest absolute Gasteiger partial charge is 0.433 e. The van der Waals surface area contributed by atoms with Crippen molar-refractivity contribution < 1.29 is 42.1 Å². The summed E-state index contributed by atoms with van der Waals surface area (Å²) >= 11 is 0. The Hall–Kier alpha value is -2.27. The van der Waals surface area contributed by atoms with Gasteiger partial charge in [0.15, 0.2) is 23.8 Å². The van der Waals surface area contributed by atoms with Crippen molar-refractivity contribution >= 4 is 17.7 Å². The number of carbonyl (C=O) groups is 2. The van der Waals surface area contributed by atoms with Crippen LogP contribution in [-0.2, 0) is 20.5 Å². The van der Waals surface area contributed by atoms with E-state index in [1.54, 1.807) is 0 Å². The Morgan fingerprint density at radius 3 is 2.65 bits per heavy atom. The number of aliphatic hydroxyl groups excluding tert-OH is 1. The summed E-state index contributed by atoms with van der Waals surface area (Å²) in [4.78, 5) is 26.4. The summed E-state index contributed by atoms with van der Waals surface area (Å²) in [7, 11) is 0. The number of carboxylic acid groups (broad SMARTS) is 1. The molecule has 1 aromatic heterocycles. The molecule has 0 aliphatic carbocycles. The van der Waals surface area contributed by atoms with Crippen LogP contribution in [0.4, 0.5) is 23.4 Å². The highest BCUT2D eigenvalue weighted by atomic mass is 19.4. The minimum Gasteiger partial charge on any atom is -0.479 e. The highest BCUT2D eigenvalue weighted by molar-refractivity contribution is 5.99. The summed E-state index contributed by atoms with van der Waals surface area (Å²) in [6.07, 6.45) is -8.95. The molecule has 11 heteroatoms. The molecule has 2 heterocycles. The standard InChI is InChI=1S/C12H10F4N2O5/c13-5-1-2-6(12(14,15)16)17-9(5)18-3-4-23-8(10(18)20)7(19)11(21)22/h1-2,7-8,19H,3-4H2,(H,21,22)/t7?,8-/m1/s1. The van der Waals surface area contributed by atoms with Crippen molar-refractivity contribution in [3.05, 3.63) is 23.6 Å². The fourth-order valence-corrected chi connectivity index (χ4v) is 1.95. The Morgan fingerprint density at radius 2 is 2.09 bits per heavy atom. The van der Waals surface area contributed by atoms with E-state index in [9.17, 15) is 32.3 Å². The Bertz CT molecular complexity index is 636. The quantitative estimate of drug-likeness (QED) is 0.775. The Kier molecular flexibility index (Phi) is 4.52. The minimum atomic E-state index is -4.85. The number of aliphatic carboxylic acids is 1. The zero-order valence-electron chi connectivity index (χ0n) is 11.2. The van der Waals surface area contributed by atoms with Gasteiger partial charge in [0.2, 0.25) is 0 Å². The van der Waals surface area contributed by atoms with Crippen LogP contribution >= 0.6 is 0 Å². The number of alkyl halides is 3. The molecule has 2 atom stereocenters. The summed E-state index contributed by atoms with van der Waals surface area (Å²) in [5.74, 6) is -5.06. The van der Waals surface area contributed by atoms with Gasteiger partial charge in [0.05, 0.1) is 13.2 Å². The predicted octanol–water partition coefficient (Wildman–Crippen LogP) is 0.417. The first-order valence-corrected chi connectivity index (χ1v) is 6.20. The van der Waals surface area contributed by atoms with Crippen molar-refractivity contribution in [2.75, 3.05) is 18.1 Å². The van der Waals surface area contributed by atoms with Gasteiger partial charge in [-0.3, -0.25) is 9.69 Å². The van der Waals surface area contributed by atoms with E-state index < -0.39 is 47.6 Å².